The largest absolute Gasteiger partial charge is 0.361 e. The molecule has 1 fully saturated rings. The normalized spacial score (nSPS) is 25.9. The molecule has 3 rings (SSSR count). The molecule has 2 aromatic rings. The van der Waals surface area contributed by atoms with Gasteiger partial charge in [-0.15, -0.1) is 0 Å². The lowest BCUT2D eigenvalue weighted by Crippen LogP contribution is -2.44. The van der Waals surface area contributed by atoms with Crippen LogP contribution in [0.5, 0.6) is 0 Å². The monoisotopic (exact) mass is 284 g/mol. The molecule has 0 aliphatic heterocycles. The lowest BCUT2D eigenvalue weighted by molar-refractivity contribution is -0.121. The van der Waals surface area contributed by atoms with Gasteiger partial charge in [0.25, 0.3) is 0 Å². The first-order valence-electron chi connectivity index (χ1n) is 7.99. The lowest BCUT2D eigenvalue weighted by Gasteiger charge is -2.34. The van der Waals surface area contributed by atoms with Gasteiger partial charge in [-0.05, 0) is 29.9 Å². The van der Waals surface area contributed by atoms with Crippen LogP contribution in [-0.2, 0) is 11.2 Å². The van der Waals surface area contributed by atoms with Crippen molar-refractivity contribution in [3.63, 3.8) is 0 Å². The summed E-state index contributed by atoms with van der Waals surface area (Å²) < 4.78 is 0. The molecular formula is C18H24N2O. The number of hydrogen-bond donors (Lipinski definition) is 2. The molecule has 1 aromatic carbocycles. The van der Waals surface area contributed by atoms with Gasteiger partial charge in [0.1, 0.15) is 0 Å². The quantitative estimate of drug-likeness (QED) is 0.888. The molecule has 0 bridgehead atoms. The molecule has 1 aromatic heterocycles. The summed E-state index contributed by atoms with van der Waals surface area (Å²) in [5.41, 5.74) is 2.18. The van der Waals surface area contributed by atoms with Crippen molar-refractivity contribution < 1.29 is 4.79 Å². The van der Waals surface area contributed by atoms with Gasteiger partial charge < -0.3 is 10.3 Å². The standard InChI is InChI=1S/C18H24N2O/c1-12-6-5-9-16(13(12)2)20-18(21)10-14-11-19-17-8-4-3-7-15(14)17/h3-4,7-8,11-13,16,19H,5-6,9-10H2,1-2H3,(H,20,21)/t12-,13+,16+/m1/s1. The maximum atomic E-state index is 12.3. The zero-order valence-electron chi connectivity index (χ0n) is 12.9. The van der Waals surface area contributed by atoms with Crippen LogP contribution in [0.1, 0.15) is 38.7 Å². The van der Waals surface area contributed by atoms with Crippen LogP contribution in [0.25, 0.3) is 10.9 Å². The summed E-state index contributed by atoms with van der Waals surface area (Å²) in [6.07, 6.45) is 6.05. The highest BCUT2D eigenvalue weighted by Gasteiger charge is 2.28. The first-order chi connectivity index (χ1) is 10.1. The third-order valence-electron chi connectivity index (χ3n) is 5.08. The average molecular weight is 284 g/mol. The maximum absolute atomic E-state index is 12.3. The van der Waals surface area contributed by atoms with Gasteiger partial charge in [-0.3, -0.25) is 4.79 Å². The molecular weight excluding hydrogens is 260 g/mol. The molecule has 1 aliphatic carbocycles. The van der Waals surface area contributed by atoms with E-state index < -0.39 is 0 Å². The van der Waals surface area contributed by atoms with E-state index in [0.717, 1.165) is 22.9 Å². The van der Waals surface area contributed by atoms with Crippen molar-refractivity contribution in [2.24, 2.45) is 11.8 Å². The molecule has 3 heteroatoms. The van der Waals surface area contributed by atoms with Crippen molar-refractivity contribution >= 4 is 16.8 Å². The van der Waals surface area contributed by atoms with Crippen LogP contribution in [0.4, 0.5) is 0 Å². The van der Waals surface area contributed by atoms with E-state index in [-0.39, 0.29) is 5.91 Å². The number of carbonyl (C=O) groups is 1. The average Bonchev–Trinajstić information content (AvgIpc) is 2.87. The summed E-state index contributed by atoms with van der Waals surface area (Å²) >= 11 is 0. The van der Waals surface area contributed by atoms with Crippen LogP contribution in [0.15, 0.2) is 30.5 Å². The fourth-order valence-corrected chi connectivity index (χ4v) is 3.49. The van der Waals surface area contributed by atoms with E-state index in [4.69, 9.17) is 0 Å². The van der Waals surface area contributed by atoms with Crippen molar-refractivity contribution in [1.82, 2.24) is 10.3 Å². The van der Waals surface area contributed by atoms with Gasteiger partial charge in [-0.1, -0.05) is 44.9 Å². The Hall–Kier alpha value is -1.77. The van der Waals surface area contributed by atoms with Crippen molar-refractivity contribution in [3.8, 4) is 0 Å². The number of hydrogen-bond acceptors (Lipinski definition) is 1. The Kier molecular flexibility index (Phi) is 4.00. The number of rotatable bonds is 3. The van der Waals surface area contributed by atoms with E-state index in [1.807, 2.05) is 24.4 Å². The minimum Gasteiger partial charge on any atom is -0.361 e. The molecule has 2 N–H and O–H groups in total. The van der Waals surface area contributed by atoms with Crippen LogP contribution in [0, 0.1) is 11.8 Å². The van der Waals surface area contributed by atoms with E-state index in [2.05, 4.69) is 30.2 Å². The number of carbonyl (C=O) groups excluding carboxylic acids is 1. The number of fused-ring (bicyclic) bond motifs is 1. The van der Waals surface area contributed by atoms with Crippen LogP contribution in [0.3, 0.4) is 0 Å². The minimum atomic E-state index is 0.144. The van der Waals surface area contributed by atoms with Gasteiger partial charge in [-0.2, -0.15) is 0 Å². The van der Waals surface area contributed by atoms with Gasteiger partial charge in [-0.25, -0.2) is 0 Å². The van der Waals surface area contributed by atoms with Crippen molar-refractivity contribution in [2.75, 3.05) is 0 Å². The van der Waals surface area contributed by atoms with Crippen LogP contribution in [-0.4, -0.2) is 16.9 Å². The summed E-state index contributed by atoms with van der Waals surface area (Å²) in [4.78, 5) is 15.6. The first kappa shape index (κ1) is 14.2. The Balaban J connectivity index is 1.66. The highest BCUT2D eigenvalue weighted by atomic mass is 16.1. The molecule has 112 valence electrons. The van der Waals surface area contributed by atoms with Gasteiger partial charge >= 0.3 is 0 Å². The van der Waals surface area contributed by atoms with Crippen LogP contribution in [0.2, 0.25) is 0 Å². The zero-order valence-corrected chi connectivity index (χ0v) is 12.9. The number of benzene rings is 1. The Bertz CT molecular complexity index is 631. The molecule has 1 aliphatic rings. The topological polar surface area (TPSA) is 44.9 Å². The number of aromatic amines is 1. The SMILES string of the molecule is C[C@H]1[C@H](C)CCC[C@@H]1NC(=O)Cc1c[nH]c2ccccc12. The molecule has 0 unspecified atom stereocenters. The second kappa shape index (κ2) is 5.92. The van der Waals surface area contributed by atoms with E-state index in [0.29, 0.717) is 24.3 Å². The predicted octanol–water partition coefficient (Wildman–Crippen LogP) is 3.65. The smallest absolute Gasteiger partial charge is 0.224 e. The molecule has 1 saturated carbocycles. The van der Waals surface area contributed by atoms with Crippen molar-refractivity contribution in [1.29, 1.82) is 0 Å². The molecule has 1 heterocycles. The van der Waals surface area contributed by atoms with Crippen molar-refractivity contribution in [2.45, 2.75) is 45.6 Å². The summed E-state index contributed by atoms with van der Waals surface area (Å²) in [5, 5.41) is 4.40. The Labute approximate surface area is 126 Å². The van der Waals surface area contributed by atoms with Crippen LogP contribution < -0.4 is 5.32 Å². The number of aromatic nitrogens is 1. The molecule has 21 heavy (non-hydrogen) atoms. The lowest BCUT2D eigenvalue weighted by atomic mass is 9.78. The highest BCUT2D eigenvalue weighted by molar-refractivity contribution is 5.88. The molecule has 1 amide bonds. The van der Waals surface area contributed by atoms with E-state index in [1.165, 1.54) is 12.8 Å². The number of amides is 1. The van der Waals surface area contributed by atoms with E-state index >= 15 is 0 Å². The fraction of sp³-hybridized carbons (Fsp3) is 0.500. The maximum Gasteiger partial charge on any atom is 0.224 e. The first-order valence-corrected chi connectivity index (χ1v) is 7.99. The summed E-state index contributed by atoms with van der Waals surface area (Å²) in [6, 6.07) is 8.48. The summed E-state index contributed by atoms with van der Waals surface area (Å²) in [6.45, 7) is 4.56. The second-order valence-corrected chi connectivity index (χ2v) is 6.48. The third kappa shape index (κ3) is 2.97. The van der Waals surface area contributed by atoms with E-state index in [9.17, 15) is 4.79 Å². The van der Waals surface area contributed by atoms with Crippen LogP contribution >= 0.6 is 0 Å². The fourth-order valence-electron chi connectivity index (χ4n) is 3.49. The number of nitrogens with one attached hydrogen (secondary N) is 2. The molecule has 0 saturated heterocycles. The van der Waals surface area contributed by atoms with E-state index in [1.54, 1.807) is 0 Å². The van der Waals surface area contributed by atoms with Gasteiger partial charge in [0.05, 0.1) is 6.42 Å². The third-order valence-corrected chi connectivity index (χ3v) is 5.08. The highest BCUT2D eigenvalue weighted by Crippen LogP contribution is 2.29. The zero-order chi connectivity index (χ0) is 14.8. The second-order valence-electron chi connectivity index (χ2n) is 6.48. The van der Waals surface area contributed by atoms with Gasteiger partial charge in [0, 0.05) is 23.1 Å². The molecule has 0 spiro atoms. The summed E-state index contributed by atoms with van der Waals surface area (Å²) in [7, 11) is 0. The Morgan fingerprint density at radius 3 is 2.95 bits per heavy atom. The number of H-pyrrole nitrogens is 1. The molecule has 3 atom stereocenters. The van der Waals surface area contributed by atoms with Crippen molar-refractivity contribution in [3.05, 3.63) is 36.0 Å². The Morgan fingerprint density at radius 1 is 1.29 bits per heavy atom. The molecule has 0 radical (unpaired) electrons. The summed E-state index contributed by atoms with van der Waals surface area (Å²) in [5.74, 6) is 1.42. The molecule has 3 nitrogen and oxygen atoms in total. The predicted molar refractivity (Wildman–Crippen MR) is 86.1 cm³/mol. The minimum absolute atomic E-state index is 0.144. The Morgan fingerprint density at radius 2 is 2.10 bits per heavy atom. The van der Waals surface area contributed by atoms with Gasteiger partial charge in [0.15, 0.2) is 0 Å². The number of para-hydroxylation sites is 1. The van der Waals surface area contributed by atoms with Gasteiger partial charge in [0.2, 0.25) is 5.91 Å².